The molecule has 1 aliphatic rings. The highest BCUT2D eigenvalue weighted by atomic mass is 79.9. The van der Waals surface area contributed by atoms with Crippen molar-refractivity contribution in [2.45, 2.75) is 11.7 Å². The number of para-hydroxylation sites is 1. The number of ether oxygens (including phenoxy) is 1. The van der Waals surface area contributed by atoms with Gasteiger partial charge in [0.05, 0.1) is 7.11 Å². The minimum absolute atomic E-state index is 0.0881. The molecule has 0 aliphatic carbocycles. The highest BCUT2D eigenvalue weighted by molar-refractivity contribution is 9.10. The predicted octanol–water partition coefficient (Wildman–Crippen LogP) is 2.49. The molecule has 1 atom stereocenters. The number of carbonyl (C=O) groups excluding carboxylic acids is 1. The van der Waals surface area contributed by atoms with Crippen LogP contribution < -0.4 is 9.64 Å². The van der Waals surface area contributed by atoms with E-state index in [0.29, 0.717) is 18.7 Å². The third-order valence-electron chi connectivity index (χ3n) is 2.54. The molecule has 2 rings (SSSR count). The van der Waals surface area contributed by atoms with Crippen molar-refractivity contribution in [3.63, 3.8) is 0 Å². The standard InChI is InChI=1S/C11H12BrNO2S/c1-15-9-4-2-3-8(12)11(9)13-6-7(16)5-10(13)14/h2-4,7,16H,5-6H2,1H3. The van der Waals surface area contributed by atoms with Gasteiger partial charge in [-0.25, -0.2) is 0 Å². The van der Waals surface area contributed by atoms with Crippen molar-refractivity contribution in [2.24, 2.45) is 0 Å². The molecule has 1 saturated heterocycles. The molecular formula is C11H12BrNO2S. The monoisotopic (exact) mass is 301 g/mol. The van der Waals surface area contributed by atoms with Crippen LogP contribution in [0, 0.1) is 0 Å². The van der Waals surface area contributed by atoms with Crippen molar-refractivity contribution in [1.82, 2.24) is 0 Å². The van der Waals surface area contributed by atoms with Crippen molar-refractivity contribution in [1.29, 1.82) is 0 Å². The maximum atomic E-state index is 11.8. The van der Waals surface area contributed by atoms with E-state index in [1.807, 2.05) is 18.2 Å². The molecule has 0 bridgehead atoms. The van der Waals surface area contributed by atoms with Gasteiger partial charge in [0, 0.05) is 22.7 Å². The average molecular weight is 302 g/mol. The summed E-state index contributed by atoms with van der Waals surface area (Å²) in [5.41, 5.74) is 0.798. The number of hydrogen-bond donors (Lipinski definition) is 1. The van der Waals surface area contributed by atoms with Gasteiger partial charge < -0.3 is 9.64 Å². The van der Waals surface area contributed by atoms with E-state index < -0.39 is 0 Å². The number of methoxy groups -OCH3 is 1. The van der Waals surface area contributed by atoms with Crippen LogP contribution in [0.1, 0.15) is 6.42 Å². The van der Waals surface area contributed by atoms with Gasteiger partial charge in [0.2, 0.25) is 5.91 Å². The fraction of sp³-hybridized carbons (Fsp3) is 0.364. The molecular weight excluding hydrogens is 290 g/mol. The lowest BCUT2D eigenvalue weighted by Gasteiger charge is -2.20. The Labute approximate surface area is 108 Å². The van der Waals surface area contributed by atoms with Crippen molar-refractivity contribution in [3.8, 4) is 5.75 Å². The molecule has 86 valence electrons. The molecule has 1 fully saturated rings. The molecule has 0 spiro atoms. The van der Waals surface area contributed by atoms with Crippen LogP contribution in [0.15, 0.2) is 22.7 Å². The molecule has 1 unspecified atom stereocenters. The summed E-state index contributed by atoms with van der Waals surface area (Å²) < 4.78 is 6.14. The first-order valence-corrected chi connectivity index (χ1v) is 6.25. The summed E-state index contributed by atoms with van der Waals surface area (Å²) >= 11 is 7.79. The van der Waals surface area contributed by atoms with Crippen LogP contribution in [0.4, 0.5) is 5.69 Å². The van der Waals surface area contributed by atoms with Gasteiger partial charge in [0.25, 0.3) is 0 Å². The van der Waals surface area contributed by atoms with E-state index in [9.17, 15) is 4.79 Å². The van der Waals surface area contributed by atoms with Gasteiger partial charge in [-0.3, -0.25) is 4.79 Å². The Morgan fingerprint density at radius 1 is 1.56 bits per heavy atom. The average Bonchev–Trinajstić information content (AvgIpc) is 2.57. The number of carbonyl (C=O) groups is 1. The molecule has 1 aromatic carbocycles. The van der Waals surface area contributed by atoms with Crippen molar-refractivity contribution in [2.75, 3.05) is 18.6 Å². The number of nitrogens with zero attached hydrogens (tertiary/aromatic N) is 1. The number of hydrogen-bond acceptors (Lipinski definition) is 3. The molecule has 1 amide bonds. The summed E-state index contributed by atoms with van der Waals surface area (Å²) in [6.07, 6.45) is 0.480. The van der Waals surface area contributed by atoms with Gasteiger partial charge in [-0.2, -0.15) is 12.6 Å². The molecule has 0 radical (unpaired) electrons. The molecule has 0 aromatic heterocycles. The zero-order valence-electron chi connectivity index (χ0n) is 8.81. The van der Waals surface area contributed by atoms with Crippen LogP contribution in [0.25, 0.3) is 0 Å². The summed E-state index contributed by atoms with van der Waals surface area (Å²) in [7, 11) is 1.60. The zero-order valence-corrected chi connectivity index (χ0v) is 11.3. The normalized spacial score (nSPS) is 20.3. The Morgan fingerprint density at radius 3 is 2.88 bits per heavy atom. The summed E-state index contributed by atoms with van der Waals surface area (Å²) in [5, 5.41) is 0.101. The lowest BCUT2D eigenvalue weighted by Crippen LogP contribution is -2.25. The van der Waals surface area contributed by atoms with E-state index in [2.05, 4.69) is 28.6 Å². The largest absolute Gasteiger partial charge is 0.495 e. The first-order valence-electron chi connectivity index (χ1n) is 4.94. The van der Waals surface area contributed by atoms with E-state index >= 15 is 0 Å². The van der Waals surface area contributed by atoms with Crippen LogP contribution >= 0.6 is 28.6 Å². The molecule has 1 aliphatic heterocycles. The Balaban J connectivity index is 2.43. The highest BCUT2D eigenvalue weighted by Crippen LogP contribution is 2.38. The van der Waals surface area contributed by atoms with Gasteiger partial charge >= 0.3 is 0 Å². The van der Waals surface area contributed by atoms with E-state index in [0.717, 1.165) is 10.2 Å². The molecule has 1 heterocycles. The molecule has 0 saturated carbocycles. The maximum absolute atomic E-state index is 11.8. The van der Waals surface area contributed by atoms with Crippen molar-refractivity contribution < 1.29 is 9.53 Å². The summed E-state index contributed by atoms with van der Waals surface area (Å²) in [6, 6.07) is 5.63. The SMILES string of the molecule is COc1cccc(Br)c1N1CC(S)CC1=O. The number of halogens is 1. The summed E-state index contributed by atoms with van der Waals surface area (Å²) in [4.78, 5) is 13.5. The quantitative estimate of drug-likeness (QED) is 0.851. The van der Waals surface area contributed by atoms with Crippen LogP contribution in [-0.2, 0) is 4.79 Å². The van der Waals surface area contributed by atoms with Gasteiger partial charge in [0.15, 0.2) is 0 Å². The number of anilines is 1. The molecule has 3 nitrogen and oxygen atoms in total. The zero-order chi connectivity index (χ0) is 11.7. The van der Waals surface area contributed by atoms with Gasteiger partial charge in [-0.1, -0.05) is 6.07 Å². The number of rotatable bonds is 2. The van der Waals surface area contributed by atoms with Gasteiger partial charge in [-0.15, -0.1) is 0 Å². The van der Waals surface area contributed by atoms with E-state index in [4.69, 9.17) is 4.74 Å². The third kappa shape index (κ3) is 2.06. The highest BCUT2D eigenvalue weighted by Gasteiger charge is 2.31. The van der Waals surface area contributed by atoms with Crippen LogP contribution in [0.5, 0.6) is 5.75 Å². The minimum Gasteiger partial charge on any atom is -0.495 e. The van der Waals surface area contributed by atoms with Crippen LogP contribution in [0.2, 0.25) is 0 Å². The number of amides is 1. The molecule has 0 N–H and O–H groups in total. The Morgan fingerprint density at radius 2 is 2.31 bits per heavy atom. The predicted molar refractivity (Wildman–Crippen MR) is 70.4 cm³/mol. The topological polar surface area (TPSA) is 29.5 Å². The molecule has 5 heteroatoms. The maximum Gasteiger partial charge on any atom is 0.228 e. The smallest absolute Gasteiger partial charge is 0.228 e. The van der Waals surface area contributed by atoms with Gasteiger partial charge in [0.1, 0.15) is 11.4 Å². The lowest BCUT2D eigenvalue weighted by molar-refractivity contribution is -0.117. The summed E-state index contributed by atoms with van der Waals surface area (Å²) in [6.45, 7) is 0.626. The molecule has 16 heavy (non-hydrogen) atoms. The van der Waals surface area contributed by atoms with Crippen LogP contribution in [0.3, 0.4) is 0 Å². The van der Waals surface area contributed by atoms with Crippen molar-refractivity contribution in [3.05, 3.63) is 22.7 Å². The second-order valence-electron chi connectivity index (χ2n) is 3.65. The second-order valence-corrected chi connectivity index (χ2v) is 5.24. The Hall–Kier alpha value is -0.680. The fourth-order valence-corrected chi connectivity index (χ4v) is 2.71. The van der Waals surface area contributed by atoms with Crippen LogP contribution in [-0.4, -0.2) is 24.8 Å². The minimum atomic E-state index is 0.0881. The first-order chi connectivity index (χ1) is 7.63. The second kappa shape index (κ2) is 4.67. The summed E-state index contributed by atoms with van der Waals surface area (Å²) in [5.74, 6) is 0.787. The van der Waals surface area contributed by atoms with Gasteiger partial charge in [-0.05, 0) is 28.1 Å². The number of benzene rings is 1. The van der Waals surface area contributed by atoms with E-state index in [-0.39, 0.29) is 11.2 Å². The number of thiol groups is 1. The first kappa shape index (κ1) is 11.8. The van der Waals surface area contributed by atoms with E-state index in [1.54, 1.807) is 12.0 Å². The Kier molecular flexibility index (Phi) is 3.44. The Bertz CT molecular complexity index is 424. The lowest BCUT2D eigenvalue weighted by atomic mass is 10.2. The van der Waals surface area contributed by atoms with Crippen molar-refractivity contribution >= 4 is 40.2 Å². The fourth-order valence-electron chi connectivity index (χ4n) is 1.83. The third-order valence-corrected chi connectivity index (χ3v) is 3.53. The van der Waals surface area contributed by atoms with E-state index in [1.165, 1.54) is 0 Å². The molecule has 1 aromatic rings.